The molecule has 0 aliphatic rings. The molecule has 1 atom stereocenters. The second-order valence-corrected chi connectivity index (χ2v) is 4.28. The van der Waals surface area contributed by atoms with Crippen molar-refractivity contribution in [1.29, 1.82) is 0 Å². The summed E-state index contributed by atoms with van der Waals surface area (Å²) in [6, 6.07) is 4.35. The molecule has 0 unspecified atom stereocenters. The number of nitrogens with zero attached hydrogens (tertiary/aromatic N) is 1. The highest BCUT2D eigenvalue weighted by Gasteiger charge is 2.07. The third-order valence-corrected chi connectivity index (χ3v) is 2.42. The van der Waals surface area contributed by atoms with Crippen molar-refractivity contribution in [1.82, 2.24) is 10.2 Å². The molecule has 3 heteroatoms. The van der Waals surface area contributed by atoms with Crippen LogP contribution in [0.4, 0.5) is 0 Å². The number of nitrogens with one attached hydrogen (secondary N) is 1. The van der Waals surface area contributed by atoms with E-state index in [2.05, 4.69) is 31.2 Å². The van der Waals surface area contributed by atoms with E-state index in [9.17, 15) is 0 Å². The molecule has 86 valence electrons. The Morgan fingerprint density at radius 1 is 1.40 bits per heavy atom. The molecule has 0 spiro atoms. The number of aryl methyl sites for hydroxylation is 1. The van der Waals surface area contributed by atoms with E-state index in [1.54, 1.807) is 0 Å². The van der Waals surface area contributed by atoms with Gasteiger partial charge < -0.3 is 14.6 Å². The Morgan fingerprint density at radius 3 is 2.67 bits per heavy atom. The zero-order chi connectivity index (χ0) is 11.3. The second kappa shape index (κ2) is 5.93. The summed E-state index contributed by atoms with van der Waals surface area (Å²) in [5.74, 6) is 2.00. The Labute approximate surface area is 92.5 Å². The van der Waals surface area contributed by atoms with Crippen LogP contribution in [0, 0.1) is 6.92 Å². The lowest BCUT2D eigenvalue weighted by Gasteiger charge is -2.13. The number of rotatable bonds is 6. The van der Waals surface area contributed by atoms with Crippen LogP contribution in [-0.4, -0.2) is 32.1 Å². The summed E-state index contributed by atoms with van der Waals surface area (Å²) in [5, 5.41) is 3.45. The molecule has 1 aromatic heterocycles. The molecule has 0 aromatic carbocycles. The maximum atomic E-state index is 5.55. The quantitative estimate of drug-likeness (QED) is 0.730. The van der Waals surface area contributed by atoms with Crippen LogP contribution in [0.1, 0.15) is 30.9 Å². The van der Waals surface area contributed by atoms with Gasteiger partial charge in [-0.15, -0.1) is 0 Å². The maximum absolute atomic E-state index is 5.55. The maximum Gasteiger partial charge on any atom is 0.120 e. The average molecular weight is 210 g/mol. The van der Waals surface area contributed by atoms with E-state index < -0.39 is 0 Å². The first-order valence-corrected chi connectivity index (χ1v) is 5.54. The highest BCUT2D eigenvalue weighted by molar-refractivity contribution is 5.08. The number of furan rings is 1. The molecule has 0 aliphatic carbocycles. The van der Waals surface area contributed by atoms with Gasteiger partial charge in [-0.1, -0.05) is 0 Å². The van der Waals surface area contributed by atoms with Gasteiger partial charge >= 0.3 is 0 Å². The van der Waals surface area contributed by atoms with Gasteiger partial charge in [0.05, 0.1) is 6.04 Å². The third-order valence-electron chi connectivity index (χ3n) is 2.42. The molecular weight excluding hydrogens is 188 g/mol. The Balaban J connectivity index is 2.21. The van der Waals surface area contributed by atoms with Gasteiger partial charge in [0.15, 0.2) is 0 Å². The molecule has 0 bridgehead atoms. The average Bonchev–Trinajstić information content (AvgIpc) is 2.59. The van der Waals surface area contributed by atoms with Gasteiger partial charge in [0.1, 0.15) is 11.5 Å². The highest BCUT2D eigenvalue weighted by Crippen LogP contribution is 2.15. The number of hydrogen-bond donors (Lipinski definition) is 1. The van der Waals surface area contributed by atoms with E-state index in [1.807, 2.05) is 19.1 Å². The summed E-state index contributed by atoms with van der Waals surface area (Å²) in [5.41, 5.74) is 0. The largest absolute Gasteiger partial charge is 0.465 e. The van der Waals surface area contributed by atoms with Crippen LogP contribution >= 0.6 is 0 Å². The smallest absolute Gasteiger partial charge is 0.120 e. The monoisotopic (exact) mass is 210 g/mol. The summed E-state index contributed by atoms with van der Waals surface area (Å²) in [6.45, 7) is 6.26. The lowest BCUT2D eigenvalue weighted by molar-refractivity contribution is 0.375. The second-order valence-electron chi connectivity index (χ2n) is 4.28. The normalized spacial score (nSPS) is 13.4. The molecular formula is C12H22N2O. The van der Waals surface area contributed by atoms with Gasteiger partial charge in [0, 0.05) is 0 Å². The molecule has 1 N–H and O–H groups in total. The lowest BCUT2D eigenvalue weighted by atomic mass is 10.2. The minimum atomic E-state index is 0.306. The molecule has 0 amide bonds. The first-order chi connectivity index (χ1) is 7.09. The van der Waals surface area contributed by atoms with Gasteiger partial charge in [0.2, 0.25) is 0 Å². The van der Waals surface area contributed by atoms with Crippen LogP contribution < -0.4 is 5.32 Å². The van der Waals surface area contributed by atoms with Crippen LogP contribution in [0.15, 0.2) is 16.5 Å². The van der Waals surface area contributed by atoms with Crippen LogP contribution in [0.25, 0.3) is 0 Å². The van der Waals surface area contributed by atoms with Gasteiger partial charge in [-0.25, -0.2) is 0 Å². The van der Waals surface area contributed by atoms with Gasteiger partial charge in [0.25, 0.3) is 0 Å². The molecule has 15 heavy (non-hydrogen) atoms. The molecule has 1 aromatic rings. The molecule has 0 fully saturated rings. The van der Waals surface area contributed by atoms with Crippen molar-refractivity contribution in [3.8, 4) is 0 Å². The third kappa shape index (κ3) is 4.49. The molecule has 1 heterocycles. The van der Waals surface area contributed by atoms with E-state index in [1.165, 1.54) is 0 Å². The summed E-state index contributed by atoms with van der Waals surface area (Å²) in [7, 11) is 4.19. The van der Waals surface area contributed by atoms with Crippen LogP contribution in [-0.2, 0) is 0 Å². The van der Waals surface area contributed by atoms with Crippen LogP contribution in [0.2, 0.25) is 0 Å². The van der Waals surface area contributed by atoms with Crippen molar-refractivity contribution < 1.29 is 4.42 Å². The summed E-state index contributed by atoms with van der Waals surface area (Å²) < 4.78 is 5.55. The minimum absolute atomic E-state index is 0.306. The fraction of sp³-hybridized carbons (Fsp3) is 0.667. The minimum Gasteiger partial charge on any atom is -0.465 e. The van der Waals surface area contributed by atoms with Crippen molar-refractivity contribution in [3.05, 3.63) is 23.7 Å². The molecule has 0 aliphatic heterocycles. The van der Waals surface area contributed by atoms with Crippen molar-refractivity contribution in [2.75, 3.05) is 27.2 Å². The van der Waals surface area contributed by atoms with E-state index in [0.717, 1.165) is 31.0 Å². The van der Waals surface area contributed by atoms with Gasteiger partial charge in [-0.2, -0.15) is 0 Å². The highest BCUT2D eigenvalue weighted by atomic mass is 16.3. The predicted octanol–water partition coefficient (Wildman–Crippen LogP) is 2.19. The predicted molar refractivity (Wildman–Crippen MR) is 63.0 cm³/mol. The fourth-order valence-corrected chi connectivity index (χ4v) is 1.50. The van der Waals surface area contributed by atoms with Gasteiger partial charge in [-0.05, 0) is 59.6 Å². The van der Waals surface area contributed by atoms with Crippen molar-refractivity contribution in [3.63, 3.8) is 0 Å². The first kappa shape index (κ1) is 12.3. The van der Waals surface area contributed by atoms with Crippen molar-refractivity contribution >= 4 is 0 Å². The zero-order valence-electron chi connectivity index (χ0n) is 10.2. The Morgan fingerprint density at radius 2 is 2.13 bits per heavy atom. The van der Waals surface area contributed by atoms with Crippen molar-refractivity contribution in [2.45, 2.75) is 26.3 Å². The van der Waals surface area contributed by atoms with Gasteiger partial charge in [-0.3, -0.25) is 0 Å². The summed E-state index contributed by atoms with van der Waals surface area (Å²) in [4.78, 5) is 2.20. The number of hydrogen-bond acceptors (Lipinski definition) is 3. The van der Waals surface area contributed by atoms with E-state index in [4.69, 9.17) is 4.42 Å². The van der Waals surface area contributed by atoms with E-state index >= 15 is 0 Å². The topological polar surface area (TPSA) is 28.4 Å². The lowest BCUT2D eigenvalue weighted by Crippen LogP contribution is -2.23. The summed E-state index contributed by atoms with van der Waals surface area (Å²) >= 11 is 0. The Kier molecular flexibility index (Phi) is 4.85. The fourth-order valence-electron chi connectivity index (χ4n) is 1.50. The molecule has 0 saturated carbocycles. The summed E-state index contributed by atoms with van der Waals surface area (Å²) in [6.07, 6.45) is 1.16. The molecule has 3 nitrogen and oxygen atoms in total. The van der Waals surface area contributed by atoms with Crippen molar-refractivity contribution in [2.24, 2.45) is 0 Å². The molecule has 1 rings (SSSR count). The molecule has 0 saturated heterocycles. The standard InChI is InChI=1S/C12H22N2O/c1-10-6-7-12(15-10)11(2)13-8-5-9-14(3)4/h6-7,11,13H,5,8-9H2,1-4H3/t11-/m0/s1. The van der Waals surface area contributed by atoms with Crippen LogP contribution in [0.5, 0.6) is 0 Å². The van der Waals surface area contributed by atoms with E-state index in [-0.39, 0.29) is 0 Å². The van der Waals surface area contributed by atoms with Crippen LogP contribution in [0.3, 0.4) is 0 Å². The SMILES string of the molecule is Cc1ccc([C@H](C)NCCCN(C)C)o1. The van der Waals surface area contributed by atoms with E-state index in [0.29, 0.717) is 6.04 Å². The molecule has 0 radical (unpaired) electrons. The first-order valence-electron chi connectivity index (χ1n) is 5.54. The Bertz CT molecular complexity index is 281. The zero-order valence-corrected chi connectivity index (χ0v) is 10.2. The Hall–Kier alpha value is -0.800.